The van der Waals surface area contributed by atoms with E-state index >= 15 is 0 Å². The highest BCUT2D eigenvalue weighted by Gasteiger charge is 2.25. The number of carbonyl (C=O) groups is 1. The molecule has 0 saturated carbocycles. The highest BCUT2D eigenvalue weighted by molar-refractivity contribution is 7.97. The fourth-order valence-corrected chi connectivity index (χ4v) is 5.69. The van der Waals surface area contributed by atoms with Crippen LogP contribution in [-0.2, 0) is 32.9 Å². The predicted octanol–water partition coefficient (Wildman–Crippen LogP) is 4.30. The zero-order valence-corrected chi connectivity index (χ0v) is 18.3. The molecule has 2 aromatic carbocycles. The molecule has 0 radical (unpaired) electrons. The number of hydrogen-bond donors (Lipinski definition) is 1. The average molecular weight is 418 g/mol. The van der Waals surface area contributed by atoms with Gasteiger partial charge in [-0.25, -0.2) is 4.31 Å². The SMILES string of the molecule is Cc1c(SN2CCc3ccccc3C2)cc(C(=O)NC2Cc3ccccc3C2)n1C. The second-order valence-corrected chi connectivity index (χ2v) is 9.50. The monoisotopic (exact) mass is 417 g/mol. The largest absolute Gasteiger partial charge is 0.347 e. The lowest BCUT2D eigenvalue weighted by molar-refractivity contribution is 0.0930. The van der Waals surface area contributed by atoms with Gasteiger partial charge in [-0.1, -0.05) is 48.5 Å². The van der Waals surface area contributed by atoms with Crippen LogP contribution >= 0.6 is 11.9 Å². The Morgan fingerprint density at radius 3 is 2.33 bits per heavy atom. The van der Waals surface area contributed by atoms with Gasteiger partial charge in [-0.3, -0.25) is 4.79 Å². The topological polar surface area (TPSA) is 37.3 Å². The summed E-state index contributed by atoms with van der Waals surface area (Å²) in [6.45, 7) is 4.07. The summed E-state index contributed by atoms with van der Waals surface area (Å²) in [5.41, 5.74) is 7.45. The molecule has 1 aliphatic heterocycles. The van der Waals surface area contributed by atoms with Crippen molar-refractivity contribution in [3.63, 3.8) is 0 Å². The average Bonchev–Trinajstić information content (AvgIpc) is 3.29. The quantitative estimate of drug-likeness (QED) is 0.643. The molecule has 0 fully saturated rings. The number of nitrogens with one attached hydrogen (secondary N) is 1. The van der Waals surface area contributed by atoms with Gasteiger partial charge in [0.25, 0.3) is 5.91 Å². The number of rotatable bonds is 4. The summed E-state index contributed by atoms with van der Waals surface area (Å²) in [5.74, 6) is 0.0224. The summed E-state index contributed by atoms with van der Waals surface area (Å²) in [6, 6.07) is 19.4. The van der Waals surface area contributed by atoms with Crippen LogP contribution in [0.2, 0.25) is 0 Å². The maximum Gasteiger partial charge on any atom is 0.268 e. The van der Waals surface area contributed by atoms with Crippen LogP contribution in [0.4, 0.5) is 0 Å². The highest BCUT2D eigenvalue weighted by Crippen LogP contribution is 2.33. The summed E-state index contributed by atoms with van der Waals surface area (Å²) < 4.78 is 4.43. The van der Waals surface area contributed by atoms with Crippen LogP contribution in [-0.4, -0.2) is 27.4 Å². The van der Waals surface area contributed by atoms with Gasteiger partial charge in [-0.15, -0.1) is 0 Å². The maximum atomic E-state index is 13.0. The van der Waals surface area contributed by atoms with Gasteiger partial charge in [0, 0.05) is 36.8 Å². The van der Waals surface area contributed by atoms with Crippen LogP contribution in [0.3, 0.4) is 0 Å². The van der Waals surface area contributed by atoms with E-state index in [1.807, 2.05) is 11.6 Å². The second-order valence-electron chi connectivity index (χ2n) is 8.36. The summed E-state index contributed by atoms with van der Waals surface area (Å²) >= 11 is 1.77. The normalized spacial score (nSPS) is 16.3. The Morgan fingerprint density at radius 1 is 1.00 bits per heavy atom. The molecule has 0 bridgehead atoms. The van der Waals surface area contributed by atoms with Gasteiger partial charge in [-0.2, -0.15) is 0 Å². The number of fused-ring (bicyclic) bond motifs is 2. The minimum Gasteiger partial charge on any atom is -0.347 e. The molecular weight excluding hydrogens is 390 g/mol. The van der Waals surface area contributed by atoms with Gasteiger partial charge in [-0.05, 0) is 66.5 Å². The van der Waals surface area contributed by atoms with Gasteiger partial charge < -0.3 is 9.88 Å². The van der Waals surface area contributed by atoms with Gasteiger partial charge in [0.2, 0.25) is 0 Å². The van der Waals surface area contributed by atoms with E-state index < -0.39 is 0 Å². The van der Waals surface area contributed by atoms with Crippen LogP contribution in [0.15, 0.2) is 59.5 Å². The first kappa shape index (κ1) is 19.5. The molecule has 1 amide bonds. The Balaban J connectivity index is 1.27. The molecule has 154 valence electrons. The van der Waals surface area contributed by atoms with Crippen LogP contribution in [0, 0.1) is 6.92 Å². The number of benzene rings is 2. The Morgan fingerprint density at radius 2 is 1.63 bits per heavy atom. The van der Waals surface area contributed by atoms with E-state index in [2.05, 4.69) is 71.1 Å². The van der Waals surface area contributed by atoms with Gasteiger partial charge in [0.1, 0.15) is 5.69 Å². The molecule has 2 aliphatic rings. The molecule has 4 nitrogen and oxygen atoms in total. The first-order valence-electron chi connectivity index (χ1n) is 10.6. The first-order valence-corrected chi connectivity index (χ1v) is 11.4. The molecule has 3 aromatic rings. The summed E-state index contributed by atoms with van der Waals surface area (Å²) in [4.78, 5) is 14.2. The van der Waals surface area contributed by atoms with Crippen LogP contribution in [0.1, 0.15) is 38.4 Å². The van der Waals surface area contributed by atoms with Crippen molar-refractivity contribution >= 4 is 17.9 Å². The third-order valence-corrected chi connectivity index (χ3v) is 7.61. The molecule has 0 unspecified atom stereocenters. The van der Waals surface area contributed by atoms with Crippen molar-refractivity contribution in [3.8, 4) is 0 Å². The number of nitrogens with zero attached hydrogens (tertiary/aromatic N) is 2. The van der Waals surface area contributed by atoms with Crippen LogP contribution < -0.4 is 5.32 Å². The van der Waals surface area contributed by atoms with E-state index in [0.717, 1.165) is 48.6 Å². The van der Waals surface area contributed by atoms with Crippen molar-refractivity contribution in [1.29, 1.82) is 0 Å². The Hall–Kier alpha value is -2.50. The molecule has 0 atom stereocenters. The minimum absolute atomic E-state index is 0.0224. The van der Waals surface area contributed by atoms with E-state index in [4.69, 9.17) is 0 Å². The van der Waals surface area contributed by atoms with Crippen molar-refractivity contribution in [1.82, 2.24) is 14.2 Å². The maximum absolute atomic E-state index is 13.0. The zero-order valence-electron chi connectivity index (χ0n) is 17.5. The molecule has 1 aliphatic carbocycles. The lowest BCUT2D eigenvalue weighted by Crippen LogP contribution is -2.36. The molecule has 2 heterocycles. The molecule has 0 saturated heterocycles. The van der Waals surface area contributed by atoms with Crippen molar-refractivity contribution in [2.24, 2.45) is 7.05 Å². The predicted molar refractivity (Wildman–Crippen MR) is 122 cm³/mol. The standard InChI is InChI=1S/C25H27N3OS/c1-17-24(30-28-12-11-18-7-3-6-10-21(18)16-28)15-23(27(17)2)25(29)26-22-13-19-8-4-5-9-20(19)14-22/h3-10,15,22H,11-14,16H2,1-2H3,(H,26,29). The number of amides is 1. The second kappa shape index (κ2) is 7.97. The lowest BCUT2D eigenvalue weighted by atomic mass is 10.0. The van der Waals surface area contributed by atoms with Crippen molar-refractivity contribution in [3.05, 3.63) is 88.2 Å². The Bertz CT molecular complexity index is 1080. The van der Waals surface area contributed by atoms with Gasteiger partial charge in [0.05, 0.1) is 0 Å². The molecule has 30 heavy (non-hydrogen) atoms. The summed E-state index contributed by atoms with van der Waals surface area (Å²) in [5, 5.41) is 3.26. The van der Waals surface area contributed by atoms with Crippen molar-refractivity contribution < 1.29 is 4.79 Å². The van der Waals surface area contributed by atoms with E-state index in [9.17, 15) is 4.79 Å². The first-order chi connectivity index (χ1) is 14.6. The van der Waals surface area contributed by atoms with Crippen molar-refractivity contribution in [2.45, 2.75) is 43.7 Å². The van der Waals surface area contributed by atoms with Gasteiger partial charge in [0.15, 0.2) is 0 Å². The van der Waals surface area contributed by atoms with Crippen molar-refractivity contribution in [2.75, 3.05) is 6.54 Å². The van der Waals surface area contributed by atoms with E-state index in [0.29, 0.717) is 0 Å². The highest BCUT2D eigenvalue weighted by atomic mass is 32.2. The molecule has 1 aromatic heterocycles. The third-order valence-electron chi connectivity index (χ3n) is 6.43. The molecule has 5 heteroatoms. The number of hydrogen-bond acceptors (Lipinski definition) is 3. The third kappa shape index (κ3) is 3.68. The molecule has 1 N–H and O–H groups in total. The smallest absolute Gasteiger partial charge is 0.268 e. The fraction of sp³-hybridized carbons (Fsp3) is 0.320. The number of carbonyl (C=O) groups excluding carboxylic acids is 1. The zero-order chi connectivity index (χ0) is 20.7. The van der Waals surface area contributed by atoms with E-state index in [-0.39, 0.29) is 11.9 Å². The molecule has 5 rings (SSSR count). The Kier molecular flexibility index (Phi) is 5.17. The van der Waals surface area contributed by atoms with Gasteiger partial charge >= 0.3 is 0 Å². The molecular formula is C25H27N3OS. The van der Waals surface area contributed by atoms with Crippen LogP contribution in [0.25, 0.3) is 0 Å². The van der Waals surface area contributed by atoms with Crippen LogP contribution in [0.5, 0.6) is 0 Å². The lowest BCUT2D eigenvalue weighted by Gasteiger charge is -2.27. The minimum atomic E-state index is 0.0224. The molecule has 0 spiro atoms. The number of aromatic nitrogens is 1. The van der Waals surface area contributed by atoms with E-state index in [1.54, 1.807) is 11.9 Å². The summed E-state index contributed by atoms with van der Waals surface area (Å²) in [6.07, 6.45) is 2.91. The fourth-order valence-electron chi connectivity index (χ4n) is 4.59. The Labute approximate surface area is 182 Å². The summed E-state index contributed by atoms with van der Waals surface area (Å²) in [7, 11) is 1.99. The van der Waals surface area contributed by atoms with E-state index in [1.165, 1.54) is 22.3 Å².